The number of hydrogen-bond donors (Lipinski definition) is 1. The van der Waals surface area contributed by atoms with E-state index < -0.39 is 18.4 Å². The van der Waals surface area contributed by atoms with E-state index in [9.17, 15) is 13.6 Å². The molecule has 4 rings (SSSR count). The number of fused-ring (bicyclic) bond motifs is 1. The third-order valence-electron chi connectivity index (χ3n) is 4.25. The largest absolute Gasteiger partial charge is 0.489 e. The predicted molar refractivity (Wildman–Crippen MR) is 91.8 cm³/mol. The number of ether oxygens (including phenoxy) is 1. The molecule has 0 saturated carbocycles. The molecule has 8 nitrogen and oxygen atoms in total. The fraction of sp³-hybridized carbons (Fsp3) is 0.278. The summed E-state index contributed by atoms with van der Waals surface area (Å²) in [5.74, 6) is -0.602. The van der Waals surface area contributed by atoms with Gasteiger partial charge in [-0.1, -0.05) is 12.1 Å². The fourth-order valence-corrected chi connectivity index (χ4v) is 2.81. The van der Waals surface area contributed by atoms with Gasteiger partial charge in [0.15, 0.2) is 0 Å². The van der Waals surface area contributed by atoms with Crippen LogP contribution in [-0.2, 0) is 6.42 Å². The first-order chi connectivity index (χ1) is 13.5. The zero-order valence-electron chi connectivity index (χ0n) is 14.7. The van der Waals surface area contributed by atoms with Crippen LogP contribution < -0.4 is 10.1 Å². The van der Waals surface area contributed by atoms with Gasteiger partial charge >= 0.3 is 6.43 Å². The topological polar surface area (TPSA) is 103 Å². The van der Waals surface area contributed by atoms with E-state index in [0.29, 0.717) is 22.6 Å². The van der Waals surface area contributed by atoms with Gasteiger partial charge in [-0.05, 0) is 24.6 Å². The molecule has 144 valence electrons. The second kappa shape index (κ2) is 7.29. The number of aromatic nitrogens is 4. The van der Waals surface area contributed by atoms with Crippen LogP contribution in [0.1, 0.15) is 47.0 Å². The average molecular weight is 387 g/mol. The normalized spacial score (nSPS) is 15.4. The van der Waals surface area contributed by atoms with Crippen LogP contribution in [0.3, 0.4) is 0 Å². The van der Waals surface area contributed by atoms with Gasteiger partial charge in [0.25, 0.3) is 11.8 Å². The highest BCUT2D eigenvalue weighted by Gasteiger charge is 2.29. The Balaban J connectivity index is 1.52. The number of carbonyl (C=O) groups excluding carboxylic acids is 1. The summed E-state index contributed by atoms with van der Waals surface area (Å²) in [6.45, 7) is 2.17. The van der Waals surface area contributed by atoms with E-state index in [1.54, 1.807) is 24.4 Å². The molecule has 1 unspecified atom stereocenters. The van der Waals surface area contributed by atoms with Gasteiger partial charge in [-0.3, -0.25) is 14.8 Å². The van der Waals surface area contributed by atoms with Crippen LogP contribution >= 0.6 is 0 Å². The highest BCUT2D eigenvalue weighted by atomic mass is 19.3. The number of halogens is 2. The molecule has 4 heterocycles. The second-order valence-corrected chi connectivity index (χ2v) is 6.09. The van der Waals surface area contributed by atoms with Crippen LogP contribution in [0.2, 0.25) is 0 Å². The van der Waals surface area contributed by atoms with Gasteiger partial charge < -0.3 is 14.6 Å². The number of pyridine rings is 2. The Labute approximate surface area is 158 Å². The van der Waals surface area contributed by atoms with Crippen molar-refractivity contribution in [2.45, 2.75) is 25.8 Å². The molecule has 0 aromatic carbocycles. The Bertz CT molecular complexity index is 1020. The zero-order chi connectivity index (χ0) is 19.7. The van der Waals surface area contributed by atoms with Gasteiger partial charge in [-0.25, -0.2) is 0 Å². The highest BCUT2D eigenvalue weighted by Crippen LogP contribution is 2.33. The molecule has 10 heteroatoms. The molecule has 0 bridgehead atoms. The number of hydrogen-bond acceptors (Lipinski definition) is 7. The minimum Gasteiger partial charge on any atom is -0.489 e. The van der Waals surface area contributed by atoms with Gasteiger partial charge in [0, 0.05) is 29.2 Å². The third-order valence-corrected chi connectivity index (χ3v) is 4.25. The monoisotopic (exact) mass is 387 g/mol. The lowest BCUT2D eigenvalue weighted by Crippen LogP contribution is -2.30. The number of nitrogens with one attached hydrogen (secondary N) is 1. The third kappa shape index (κ3) is 3.40. The molecule has 1 atom stereocenters. The first-order valence-electron chi connectivity index (χ1n) is 8.55. The van der Waals surface area contributed by atoms with Gasteiger partial charge in [-0.2, -0.15) is 13.8 Å². The summed E-state index contributed by atoms with van der Waals surface area (Å²) in [6.07, 6.45) is 0.898. The summed E-state index contributed by atoms with van der Waals surface area (Å²) in [4.78, 5) is 24.6. The molecule has 0 radical (unpaired) electrons. The summed E-state index contributed by atoms with van der Waals surface area (Å²) in [5.41, 5.74) is 2.24. The molecule has 3 aromatic heterocycles. The lowest BCUT2D eigenvalue weighted by molar-refractivity contribution is 0.0929. The molecule has 1 aliphatic heterocycles. The van der Waals surface area contributed by atoms with Crippen molar-refractivity contribution < 1.29 is 22.8 Å². The molecule has 0 spiro atoms. The van der Waals surface area contributed by atoms with Crippen molar-refractivity contribution in [2.24, 2.45) is 0 Å². The summed E-state index contributed by atoms with van der Waals surface area (Å²) in [7, 11) is 0. The highest BCUT2D eigenvalue weighted by molar-refractivity contribution is 5.94. The second-order valence-electron chi connectivity index (χ2n) is 6.09. The van der Waals surface area contributed by atoms with Gasteiger partial charge in [0.2, 0.25) is 5.82 Å². The van der Waals surface area contributed by atoms with Gasteiger partial charge in [0.1, 0.15) is 24.1 Å². The SMILES string of the molecule is CCc1cc(C(=O)NC2COc3cc(-c4noc(C(F)F)n4)cnc32)ccn1. The lowest BCUT2D eigenvalue weighted by Gasteiger charge is -2.11. The number of carbonyl (C=O) groups is 1. The molecule has 0 fully saturated rings. The summed E-state index contributed by atoms with van der Waals surface area (Å²) in [5, 5.41) is 6.40. The first kappa shape index (κ1) is 18.0. The van der Waals surface area contributed by atoms with Crippen LogP contribution in [0.25, 0.3) is 11.4 Å². The minimum atomic E-state index is -2.85. The van der Waals surface area contributed by atoms with Crippen LogP contribution in [0.5, 0.6) is 5.75 Å². The predicted octanol–water partition coefficient (Wildman–Crippen LogP) is 2.89. The molecule has 28 heavy (non-hydrogen) atoms. The standard InChI is InChI=1S/C18H15F2N5O3/c1-2-11-5-9(3-4-21-11)17(26)23-12-8-27-13-6-10(7-22-14(12)13)16-24-18(15(19)20)28-25-16/h3-7,12,15H,2,8H2,1H3,(H,23,26). The first-order valence-corrected chi connectivity index (χ1v) is 8.55. The van der Waals surface area contributed by atoms with Crippen molar-refractivity contribution in [2.75, 3.05) is 6.61 Å². The van der Waals surface area contributed by atoms with Crippen molar-refractivity contribution in [3.63, 3.8) is 0 Å². The van der Waals surface area contributed by atoms with Crippen molar-refractivity contribution in [3.8, 4) is 17.1 Å². The summed E-state index contributed by atoms with van der Waals surface area (Å²) < 4.78 is 35.3. The number of amides is 1. The Morgan fingerprint density at radius 2 is 2.21 bits per heavy atom. The van der Waals surface area contributed by atoms with Gasteiger partial charge in [0.05, 0.1) is 0 Å². The van der Waals surface area contributed by atoms with Crippen LogP contribution in [0, 0.1) is 0 Å². The van der Waals surface area contributed by atoms with Gasteiger partial charge in [-0.15, -0.1) is 0 Å². The molecule has 1 aliphatic rings. The molecular weight excluding hydrogens is 372 g/mol. The Morgan fingerprint density at radius 3 is 2.96 bits per heavy atom. The number of rotatable bonds is 5. The van der Waals surface area contributed by atoms with Crippen molar-refractivity contribution in [1.82, 2.24) is 25.4 Å². The summed E-state index contributed by atoms with van der Waals surface area (Å²) >= 11 is 0. The van der Waals surface area contributed by atoms with E-state index in [4.69, 9.17) is 4.74 Å². The Kier molecular flexibility index (Phi) is 4.68. The van der Waals surface area contributed by atoms with E-state index in [1.807, 2.05) is 6.92 Å². The van der Waals surface area contributed by atoms with Crippen LogP contribution in [-0.4, -0.2) is 32.6 Å². The van der Waals surface area contributed by atoms with E-state index in [-0.39, 0.29) is 18.3 Å². The van der Waals surface area contributed by atoms with E-state index in [1.165, 1.54) is 6.20 Å². The molecular formula is C18H15F2N5O3. The molecule has 3 aromatic rings. The Hall–Kier alpha value is -3.43. The molecule has 1 amide bonds. The molecule has 1 N–H and O–H groups in total. The quantitative estimate of drug-likeness (QED) is 0.718. The average Bonchev–Trinajstić information content (AvgIpc) is 3.35. The minimum absolute atomic E-state index is 0.00874. The fourth-order valence-electron chi connectivity index (χ4n) is 2.81. The maximum absolute atomic E-state index is 12.6. The van der Waals surface area contributed by atoms with Crippen LogP contribution in [0.4, 0.5) is 8.78 Å². The van der Waals surface area contributed by atoms with Crippen LogP contribution in [0.15, 0.2) is 35.1 Å². The smallest absolute Gasteiger partial charge is 0.315 e. The number of alkyl halides is 2. The maximum atomic E-state index is 12.6. The van der Waals surface area contributed by atoms with Crippen molar-refractivity contribution in [3.05, 3.63) is 53.4 Å². The number of nitrogens with zero attached hydrogens (tertiary/aromatic N) is 4. The van der Waals surface area contributed by atoms with E-state index in [2.05, 4.69) is 29.9 Å². The Morgan fingerprint density at radius 1 is 1.36 bits per heavy atom. The van der Waals surface area contributed by atoms with Crippen molar-refractivity contribution in [1.29, 1.82) is 0 Å². The van der Waals surface area contributed by atoms with Crippen molar-refractivity contribution >= 4 is 5.91 Å². The molecule has 0 saturated heterocycles. The lowest BCUT2D eigenvalue weighted by atomic mass is 10.1. The maximum Gasteiger partial charge on any atom is 0.315 e. The van der Waals surface area contributed by atoms with E-state index in [0.717, 1.165) is 12.1 Å². The van der Waals surface area contributed by atoms with E-state index >= 15 is 0 Å². The summed E-state index contributed by atoms with van der Waals surface area (Å²) in [6, 6.07) is 4.52. The zero-order valence-corrected chi connectivity index (χ0v) is 14.7. The molecule has 0 aliphatic carbocycles. The number of aryl methyl sites for hydroxylation is 1.